The second-order valence-electron chi connectivity index (χ2n) is 9.35. The summed E-state index contributed by atoms with van der Waals surface area (Å²) < 4.78 is 15.3. The molecule has 0 radical (unpaired) electrons. The Morgan fingerprint density at radius 3 is 2.38 bits per heavy atom. The van der Waals surface area contributed by atoms with Gasteiger partial charge in [-0.1, -0.05) is 36.4 Å². The van der Waals surface area contributed by atoms with Crippen molar-refractivity contribution in [3.63, 3.8) is 0 Å². The first kappa shape index (κ1) is 29.4. The van der Waals surface area contributed by atoms with Gasteiger partial charge in [0.1, 0.15) is 6.04 Å². The fourth-order valence-corrected chi connectivity index (χ4v) is 4.57. The number of hydrogen-bond donors (Lipinski definition) is 4. The van der Waals surface area contributed by atoms with Crippen LogP contribution in [-0.2, 0) is 32.0 Å². The fraction of sp³-hybridized carbons (Fsp3) is 0.429. The van der Waals surface area contributed by atoms with E-state index in [-0.39, 0.29) is 31.2 Å². The number of rotatable bonds is 10. The number of nitrogens with zero attached hydrogens (tertiary/aromatic N) is 1. The fourth-order valence-electron chi connectivity index (χ4n) is 4.57. The van der Waals surface area contributed by atoms with Crippen LogP contribution in [0.5, 0.6) is 11.5 Å². The lowest BCUT2D eigenvalue weighted by Crippen LogP contribution is -2.51. The molecule has 2 amide bonds. The molecule has 0 unspecified atom stereocenters. The smallest absolute Gasteiger partial charge is 0.308 e. The maximum atomic E-state index is 13.3. The van der Waals surface area contributed by atoms with Crippen LogP contribution in [0, 0.1) is 5.92 Å². The van der Waals surface area contributed by atoms with Crippen LogP contribution in [0.2, 0.25) is 0 Å². The molecule has 5 N–H and O–H groups in total. The molecule has 2 aromatic rings. The van der Waals surface area contributed by atoms with Gasteiger partial charge in [-0.25, -0.2) is 4.99 Å². The zero-order valence-electron chi connectivity index (χ0n) is 22.4. The molecule has 0 bridgehead atoms. The zero-order valence-corrected chi connectivity index (χ0v) is 22.4. The predicted octanol–water partition coefficient (Wildman–Crippen LogP) is 1.11. The van der Waals surface area contributed by atoms with Crippen LogP contribution in [-0.4, -0.2) is 68.4 Å². The average Bonchev–Trinajstić information content (AvgIpc) is 2.93. The number of esters is 1. The number of guanidine groups is 1. The number of ether oxygens (including phenoxy) is 3. The van der Waals surface area contributed by atoms with Gasteiger partial charge in [0, 0.05) is 6.42 Å². The van der Waals surface area contributed by atoms with Crippen molar-refractivity contribution >= 4 is 23.7 Å². The molecule has 0 aliphatic heterocycles. The van der Waals surface area contributed by atoms with Crippen LogP contribution in [0.1, 0.15) is 30.4 Å². The third-order valence-electron chi connectivity index (χ3n) is 6.63. The van der Waals surface area contributed by atoms with E-state index in [0.29, 0.717) is 29.9 Å². The van der Waals surface area contributed by atoms with Crippen LogP contribution in [0.3, 0.4) is 0 Å². The van der Waals surface area contributed by atoms with E-state index in [1.165, 1.54) is 21.3 Å². The zero-order chi connectivity index (χ0) is 28.4. The molecule has 1 saturated carbocycles. The van der Waals surface area contributed by atoms with Gasteiger partial charge in [0.15, 0.2) is 17.5 Å². The molecule has 210 valence electrons. The van der Waals surface area contributed by atoms with Crippen molar-refractivity contribution in [1.29, 1.82) is 0 Å². The van der Waals surface area contributed by atoms with Crippen molar-refractivity contribution in [1.82, 2.24) is 10.6 Å². The van der Waals surface area contributed by atoms with Crippen LogP contribution < -0.4 is 25.8 Å². The number of methoxy groups -OCH3 is 3. The Bertz CT molecular complexity index is 1170. The summed E-state index contributed by atoms with van der Waals surface area (Å²) in [5.74, 6) is -0.815. The molecule has 0 spiro atoms. The summed E-state index contributed by atoms with van der Waals surface area (Å²) >= 11 is 0. The van der Waals surface area contributed by atoms with Crippen LogP contribution in [0.15, 0.2) is 53.5 Å². The lowest BCUT2D eigenvalue weighted by Gasteiger charge is -2.33. The lowest BCUT2D eigenvalue weighted by molar-refractivity contribution is -0.148. The first-order valence-electron chi connectivity index (χ1n) is 12.7. The summed E-state index contributed by atoms with van der Waals surface area (Å²) in [6, 6.07) is 12.9. The van der Waals surface area contributed by atoms with Gasteiger partial charge in [0.05, 0.1) is 45.8 Å². The van der Waals surface area contributed by atoms with Gasteiger partial charge >= 0.3 is 5.97 Å². The standard InChI is InChI=1S/C28H36N4O7/c1-37-23-12-9-18(14-24(23)38-2)15-25(34)32-28(29)31-21(13-17-7-5-4-6-8-17)26(35)30-20-11-10-19(16-22(20)33)27(36)39-3/h4-9,12,14,19-22,33H,10-11,13,15-16H2,1-3H3,(H,30,35)(H3,29,31,32,34)/t19-,20-,21+,22-/m0/s1. The molecule has 11 heteroatoms. The van der Waals surface area contributed by atoms with E-state index >= 15 is 0 Å². The van der Waals surface area contributed by atoms with Crippen molar-refractivity contribution in [2.75, 3.05) is 21.3 Å². The molecule has 0 heterocycles. The Morgan fingerprint density at radius 2 is 1.74 bits per heavy atom. The highest BCUT2D eigenvalue weighted by atomic mass is 16.5. The number of carbonyl (C=O) groups is 3. The van der Waals surface area contributed by atoms with Crippen molar-refractivity contribution in [3.8, 4) is 11.5 Å². The molecule has 4 atom stereocenters. The van der Waals surface area contributed by atoms with Gasteiger partial charge in [-0.2, -0.15) is 0 Å². The Kier molecular flexibility index (Phi) is 10.7. The van der Waals surface area contributed by atoms with E-state index in [4.69, 9.17) is 19.9 Å². The molecule has 1 fully saturated rings. The third-order valence-corrected chi connectivity index (χ3v) is 6.63. The van der Waals surface area contributed by atoms with E-state index < -0.39 is 35.9 Å². The number of nitrogens with two attached hydrogens (primary N) is 1. The van der Waals surface area contributed by atoms with E-state index in [1.807, 2.05) is 30.3 Å². The van der Waals surface area contributed by atoms with Gasteiger partial charge in [0.2, 0.25) is 11.8 Å². The monoisotopic (exact) mass is 540 g/mol. The van der Waals surface area contributed by atoms with Crippen molar-refractivity contribution < 1.29 is 33.7 Å². The molecule has 2 aromatic carbocycles. The molecule has 0 aromatic heterocycles. The molecule has 0 saturated heterocycles. The minimum Gasteiger partial charge on any atom is -0.493 e. The molecular formula is C28H36N4O7. The number of aliphatic imine (C=N–C) groups is 1. The second-order valence-corrected chi connectivity index (χ2v) is 9.35. The van der Waals surface area contributed by atoms with Crippen LogP contribution >= 0.6 is 0 Å². The minimum atomic E-state index is -0.959. The number of aliphatic hydroxyl groups is 1. The molecule has 11 nitrogen and oxygen atoms in total. The number of aliphatic hydroxyl groups excluding tert-OH is 1. The van der Waals surface area contributed by atoms with Gasteiger partial charge in [-0.3, -0.25) is 19.7 Å². The molecular weight excluding hydrogens is 504 g/mol. The van der Waals surface area contributed by atoms with E-state index in [9.17, 15) is 19.5 Å². The predicted molar refractivity (Wildman–Crippen MR) is 144 cm³/mol. The van der Waals surface area contributed by atoms with Gasteiger partial charge in [-0.05, 0) is 42.5 Å². The maximum absolute atomic E-state index is 13.3. The molecule has 1 aliphatic carbocycles. The highest BCUT2D eigenvalue weighted by molar-refractivity contribution is 5.98. The number of carbonyl (C=O) groups excluding carboxylic acids is 3. The van der Waals surface area contributed by atoms with E-state index in [1.54, 1.807) is 18.2 Å². The first-order chi connectivity index (χ1) is 18.7. The SMILES string of the molecule is COC(=O)[C@H]1CC[C@H](NC(=O)[C@@H](Cc2ccccc2)N=C(N)NC(=O)Cc2ccc(OC)c(OC)c2)[C@@H](O)C1. The Labute approximate surface area is 227 Å². The van der Waals surface area contributed by atoms with Gasteiger partial charge in [-0.15, -0.1) is 0 Å². The van der Waals surface area contributed by atoms with Crippen molar-refractivity contribution in [2.24, 2.45) is 16.6 Å². The van der Waals surface area contributed by atoms with E-state index in [2.05, 4.69) is 15.6 Å². The second kappa shape index (κ2) is 14.1. The molecule has 39 heavy (non-hydrogen) atoms. The summed E-state index contributed by atoms with van der Waals surface area (Å²) in [6.45, 7) is 0. The highest BCUT2D eigenvalue weighted by Gasteiger charge is 2.35. The Hall–Kier alpha value is -4.12. The summed E-state index contributed by atoms with van der Waals surface area (Å²) in [4.78, 5) is 42.1. The lowest BCUT2D eigenvalue weighted by atomic mass is 9.83. The first-order valence-corrected chi connectivity index (χ1v) is 12.7. The number of amides is 2. The summed E-state index contributed by atoms with van der Waals surface area (Å²) in [5.41, 5.74) is 7.56. The largest absolute Gasteiger partial charge is 0.493 e. The minimum absolute atomic E-state index is 0.00174. The highest BCUT2D eigenvalue weighted by Crippen LogP contribution is 2.28. The Balaban J connectivity index is 1.69. The van der Waals surface area contributed by atoms with E-state index in [0.717, 1.165) is 5.56 Å². The van der Waals surface area contributed by atoms with Crippen molar-refractivity contribution in [3.05, 3.63) is 59.7 Å². The average molecular weight is 541 g/mol. The van der Waals surface area contributed by atoms with Crippen molar-refractivity contribution in [2.45, 2.75) is 50.3 Å². The van der Waals surface area contributed by atoms with Gasteiger partial charge in [0.25, 0.3) is 0 Å². The molecule has 3 rings (SSSR count). The third kappa shape index (κ3) is 8.44. The number of nitrogens with one attached hydrogen (secondary N) is 2. The summed E-state index contributed by atoms with van der Waals surface area (Å²) in [6.07, 6.45) is 0.404. The molecule has 1 aliphatic rings. The van der Waals surface area contributed by atoms with Crippen LogP contribution in [0.25, 0.3) is 0 Å². The number of benzene rings is 2. The normalized spacial score (nSPS) is 19.9. The Morgan fingerprint density at radius 1 is 1.03 bits per heavy atom. The quantitative estimate of drug-likeness (QED) is 0.198. The van der Waals surface area contributed by atoms with Gasteiger partial charge < -0.3 is 30.4 Å². The maximum Gasteiger partial charge on any atom is 0.308 e. The summed E-state index contributed by atoms with van der Waals surface area (Å²) in [5, 5.41) is 15.9. The van der Waals surface area contributed by atoms with Crippen LogP contribution in [0.4, 0.5) is 0 Å². The number of hydrogen-bond acceptors (Lipinski definition) is 8. The summed E-state index contributed by atoms with van der Waals surface area (Å²) in [7, 11) is 4.34. The topological polar surface area (TPSA) is 162 Å².